The summed E-state index contributed by atoms with van der Waals surface area (Å²) in [6, 6.07) is 0.797. The molecule has 2 atom stereocenters. The van der Waals surface area contributed by atoms with Crippen molar-refractivity contribution in [1.29, 1.82) is 0 Å². The van der Waals surface area contributed by atoms with Crippen LogP contribution in [0, 0.1) is 5.92 Å². The fourth-order valence-corrected chi connectivity index (χ4v) is 2.71. The number of fused-ring (bicyclic) bond motifs is 1. The van der Waals surface area contributed by atoms with Gasteiger partial charge in [0.25, 0.3) is 0 Å². The Hall–Kier alpha value is -0.340. The molecular weight excluding hydrogens is 160 g/mol. The number of nitrogens with zero attached hydrogens (tertiary/aromatic N) is 1. The summed E-state index contributed by atoms with van der Waals surface area (Å²) in [7, 11) is 0. The van der Waals surface area contributed by atoms with Crippen LogP contribution in [0.25, 0.3) is 0 Å². The van der Waals surface area contributed by atoms with E-state index in [1.165, 1.54) is 38.0 Å². The Kier molecular flexibility index (Phi) is 2.70. The number of piperidine rings is 1. The van der Waals surface area contributed by atoms with Crippen molar-refractivity contribution in [2.75, 3.05) is 26.2 Å². The highest BCUT2D eigenvalue weighted by molar-refractivity contribution is 4.99. The first-order chi connectivity index (χ1) is 6.27. The molecule has 2 saturated heterocycles. The van der Waals surface area contributed by atoms with Gasteiger partial charge in [0, 0.05) is 19.1 Å². The minimum Gasteiger partial charge on any atom is -0.315 e. The van der Waals surface area contributed by atoms with Crippen molar-refractivity contribution in [3.63, 3.8) is 0 Å². The molecule has 74 valence electrons. The summed E-state index contributed by atoms with van der Waals surface area (Å²) in [4.78, 5) is 2.61. The van der Waals surface area contributed by atoms with Gasteiger partial charge < -0.3 is 5.32 Å². The molecule has 2 heterocycles. The SMILES string of the molecule is C=C(C)CN1CCCC2CNCC21. The highest BCUT2D eigenvalue weighted by Gasteiger charge is 2.34. The Balaban J connectivity index is 1.97. The van der Waals surface area contributed by atoms with Crippen LogP contribution in [0.5, 0.6) is 0 Å². The lowest BCUT2D eigenvalue weighted by molar-refractivity contribution is 0.137. The second-order valence-electron chi connectivity index (χ2n) is 4.56. The molecule has 0 amide bonds. The number of rotatable bonds is 2. The maximum Gasteiger partial charge on any atom is 0.0264 e. The van der Waals surface area contributed by atoms with E-state index < -0.39 is 0 Å². The Bertz CT molecular complexity index is 200. The van der Waals surface area contributed by atoms with Crippen LogP contribution in [-0.2, 0) is 0 Å². The summed E-state index contributed by atoms with van der Waals surface area (Å²) in [5, 5.41) is 3.50. The molecule has 13 heavy (non-hydrogen) atoms. The van der Waals surface area contributed by atoms with Crippen LogP contribution in [-0.4, -0.2) is 37.1 Å². The van der Waals surface area contributed by atoms with Crippen molar-refractivity contribution in [2.24, 2.45) is 5.92 Å². The van der Waals surface area contributed by atoms with Crippen molar-refractivity contribution in [2.45, 2.75) is 25.8 Å². The van der Waals surface area contributed by atoms with E-state index in [0.29, 0.717) is 0 Å². The molecule has 0 aromatic carbocycles. The molecule has 2 fully saturated rings. The Morgan fingerprint density at radius 1 is 1.54 bits per heavy atom. The summed E-state index contributed by atoms with van der Waals surface area (Å²) in [5.41, 5.74) is 1.30. The minimum atomic E-state index is 0.797. The zero-order valence-corrected chi connectivity index (χ0v) is 8.55. The van der Waals surface area contributed by atoms with E-state index in [-0.39, 0.29) is 0 Å². The van der Waals surface area contributed by atoms with Gasteiger partial charge in [-0.2, -0.15) is 0 Å². The topological polar surface area (TPSA) is 15.3 Å². The average molecular weight is 180 g/mol. The van der Waals surface area contributed by atoms with Crippen molar-refractivity contribution >= 4 is 0 Å². The van der Waals surface area contributed by atoms with Crippen LogP contribution >= 0.6 is 0 Å². The smallest absolute Gasteiger partial charge is 0.0264 e. The minimum absolute atomic E-state index is 0.797. The summed E-state index contributed by atoms with van der Waals surface area (Å²) < 4.78 is 0. The Morgan fingerprint density at radius 3 is 3.15 bits per heavy atom. The molecule has 2 heteroatoms. The van der Waals surface area contributed by atoms with Crippen LogP contribution in [0.1, 0.15) is 19.8 Å². The summed E-state index contributed by atoms with van der Waals surface area (Å²) in [6.45, 7) is 10.9. The van der Waals surface area contributed by atoms with E-state index in [2.05, 4.69) is 23.7 Å². The van der Waals surface area contributed by atoms with Gasteiger partial charge in [0.15, 0.2) is 0 Å². The molecule has 2 rings (SSSR count). The van der Waals surface area contributed by atoms with Crippen molar-refractivity contribution in [3.05, 3.63) is 12.2 Å². The summed E-state index contributed by atoms with van der Waals surface area (Å²) >= 11 is 0. The van der Waals surface area contributed by atoms with E-state index >= 15 is 0 Å². The first kappa shape index (κ1) is 9.22. The first-order valence-corrected chi connectivity index (χ1v) is 5.36. The van der Waals surface area contributed by atoms with E-state index in [4.69, 9.17) is 0 Å². The number of hydrogen-bond acceptors (Lipinski definition) is 2. The Labute approximate surface area is 81.0 Å². The standard InChI is InChI=1S/C11H20N2/c1-9(2)8-13-5-3-4-10-6-12-7-11(10)13/h10-12H,1,3-8H2,2H3. The van der Waals surface area contributed by atoms with Gasteiger partial charge in [-0.3, -0.25) is 4.90 Å². The van der Waals surface area contributed by atoms with Gasteiger partial charge in [-0.1, -0.05) is 12.2 Å². The molecular formula is C11H20N2. The maximum atomic E-state index is 4.00. The number of likely N-dealkylation sites (tertiary alicyclic amines) is 1. The molecule has 0 aliphatic carbocycles. The summed E-state index contributed by atoms with van der Waals surface area (Å²) in [6.07, 6.45) is 2.79. The molecule has 2 unspecified atom stereocenters. The second-order valence-corrected chi connectivity index (χ2v) is 4.56. The third kappa shape index (κ3) is 1.94. The molecule has 2 aliphatic rings. The van der Waals surface area contributed by atoms with Crippen molar-refractivity contribution < 1.29 is 0 Å². The van der Waals surface area contributed by atoms with Crippen molar-refractivity contribution in [3.8, 4) is 0 Å². The molecule has 1 N–H and O–H groups in total. The quantitative estimate of drug-likeness (QED) is 0.643. The van der Waals surface area contributed by atoms with E-state index in [1.54, 1.807) is 0 Å². The van der Waals surface area contributed by atoms with Gasteiger partial charge in [0.2, 0.25) is 0 Å². The molecule has 0 bridgehead atoms. The predicted octanol–water partition coefficient (Wildman–Crippen LogP) is 1.25. The maximum absolute atomic E-state index is 4.00. The largest absolute Gasteiger partial charge is 0.315 e. The molecule has 0 radical (unpaired) electrons. The van der Waals surface area contributed by atoms with Gasteiger partial charge in [0.05, 0.1) is 0 Å². The fraction of sp³-hybridized carbons (Fsp3) is 0.818. The van der Waals surface area contributed by atoms with Crippen molar-refractivity contribution in [1.82, 2.24) is 10.2 Å². The zero-order valence-electron chi connectivity index (χ0n) is 8.55. The van der Waals surface area contributed by atoms with Crippen LogP contribution in [0.2, 0.25) is 0 Å². The lowest BCUT2D eigenvalue weighted by Gasteiger charge is -2.37. The molecule has 0 spiro atoms. The lowest BCUT2D eigenvalue weighted by Crippen LogP contribution is -2.45. The van der Waals surface area contributed by atoms with Gasteiger partial charge >= 0.3 is 0 Å². The zero-order chi connectivity index (χ0) is 9.26. The highest BCUT2D eigenvalue weighted by Crippen LogP contribution is 2.26. The van der Waals surface area contributed by atoms with E-state index in [9.17, 15) is 0 Å². The monoisotopic (exact) mass is 180 g/mol. The third-order valence-corrected chi connectivity index (χ3v) is 3.27. The first-order valence-electron chi connectivity index (χ1n) is 5.36. The predicted molar refractivity (Wildman–Crippen MR) is 55.8 cm³/mol. The fourth-order valence-electron chi connectivity index (χ4n) is 2.71. The van der Waals surface area contributed by atoms with E-state index in [1.807, 2.05) is 0 Å². The summed E-state index contributed by atoms with van der Waals surface area (Å²) in [5.74, 6) is 0.910. The molecule has 0 aromatic rings. The molecule has 0 aromatic heterocycles. The van der Waals surface area contributed by atoms with Gasteiger partial charge in [0.1, 0.15) is 0 Å². The normalized spacial score (nSPS) is 34.5. The number of nitrogens with one attached hydrogen (secondary N) is 1. The third-order valence-electron chi connectivity index (χ3n) is 3.27. The van der Waals surface area contributed by atoms with Crippen LogP contribution in [0.3, 0.4) is 0 Å². The molecule has 2 nitrogen and oxygen atoms in total. The van der Waals surface area contributed by atoms with Crippen LogP contribution in [0.4, 0.5) is 0 Å². The second kappa shape index (κ2) is 3.81. The molecule has 2 aliphatic heterocycles. The number of hydrogen-bond donors (Lipinski definition) is 1. The van der Waals surface area contributed by atoms with Gasteiger partial charge in [-0.15, -0.1) is 0 Å². The van der Waals surface area contributed by atoms with Crippen LogP contribution < -0.4 is 5.32 Å². The average Bonchev–Trinajstić information content (AvgIpc) is 2.51. The lowest BCUT2D eigenvalue weighted by atomic mass is 9.92. The van der Waals surface area contributed by atoms with Gasteiger partial charge in [-0.25, -0.2) is 0 Å². The van der Waals surface area contributed by atoms with Gasteiger partial charge in [-0.05, 0) is 38.8 Å². The Morgan fingerprint density at radius 2 is 2.38 bits per heavy atom. The van der Waals surface area contributed by atoms with E-state index in [0.717, 1.165) is 18.5 Å². The van der Waals surface area contributed by atoms with Crippen LogP contribution in [0.15, 0.2) is 12.2 Å². The molecule has 0 saturated carbocycles. The highest BCUT2D eigenvalue weighted by atomic mass is 15.2.